The maximum absolute atomic E-state index is 13.0. The molecule has 2 aliphatic rings. The fourth-order valence-corrected chi connectivity index (χ4v) is 4.53. The Kier molecular flexibility index (Phi) is 4.89. The summed E-state index contributed by atoms with van der Waals surface area (Å²) in [7, 11) is -3.64. The number of nitrogens with zero attached hydrogens (tertiary/aromatic N) is 2. The molecule has 0 radical (unpaired) electrons. The number of benzene rings is 2. The van der Waals surface area contributed by atoms with E-state index in [9.17, 15) is 13.2 Å². The first-order valence-electron chi connectivity index (χ1n) is 9.22. The molecular formula is C20H22N2O5S. The van der Waals surface area contributed by atoms with Crippen molar-refractivity contribution >= 4 is 21.6 Å². The van der Waals surface area contributed by atoms with Crippen molar-refractivity contribution in [3.63, 3.8) is 0 Å². The van der Waals surface area contributed by atoms with E-state index in [1.165, 1.54) is 5.56 Å². The van der Waals surface area contributed by atoms with E-state index in [0.717, 1.165) is 16.3 Å². The largest absolute Gasteiger partial charge is 0.454 e. The van der Waals surface area contributed by atoms with Crippen molar-refractivity contribution in [1.29, 1.82) is 0 Å². The minimum Gasteiger partial charge on any atom is -0.454 e. The fraction of sp³-hybridized carbons (Fsp3) is 0.350. The highest BCUT2D eigenvalue weighted by Gasteiger charge is 2.29. The Hall–Kier alpha value is -2.74. The number of carbonyl (C=O) groups is 1. The second-order valence-electron chi connectivity index (χ2n) is 6.78. The molecule has 1 amide bonds. The first-order valence-corrected chi connectivity index (χ1v) is 10.8. The van der Waals surface area contributed by atoms with Gasteiger partial charge < -0.3 is 14.4 Å². The molecule has 0 bridgehead atoms. The average molecular weight is 402 g/mol. The predicted octanol–water partition coefficient (Wildman–Crippen LogP) is 2.16. The zero-order valence-electron chi connectivity index (χ0n) is 15.6. The molecule has 0 unspecified atom stereocenters. The molecule has 28 heavy (non-hydrogen) atoms. The van der Waals surface area contributed by atoms with Crippen LogP contribution in [0.15, 0.2) is 42.5 Å². The molecule has 0 saturated heterocycles. The van der Waals surface area contributed by atoms with Gasteiger partial charge in [-0.3, -0.25) is 9.10 Å². The lowest BCUT2D eigenvalue weighted by Crippen LogP contribution is -2.45. The van der Waals surface area contributed by atoms with Crippen LogP contribution in [0.5, 0.6) is 11.5 Å². The lowest BCUT2D eigenvalue weighted by Gasteiger charge is -2.31. The molecule has 4 rings (SSSR count). The molecule has 7 nitrogen and oxygen atoms in total. The van der Waals surface area contributed by atoms with Crippen LogP contribution < -0.4 is 13.8 Å². The van der Waals surface area contributed by atoms with Gasteiger partial charge in [-0.15, -0.1) is 0 Å². The minimum absolute atomic E-state index is 0.0996. The Labute approximate surface area is 164 Å². The van der Waals surface area contributed by atoms with E-state index in [2.05, 4.69) is 6.07 Å². The van der Waals surface area contributed by atoms with Crippen molar-refractivity contribution in [3.05, 3.63) is 53.6 Å². The van der Waals surface area contributed by atoms with E-state index in [0.29, 0.717) is 30.3 Å². The van der Waals surface area contributed by atoms with Crippen molar-refractivity contribution in [1.82, 2.24) is 4.90 Å². The summed E-state index contributed by atoms with van der Waals surface area (Å²) in [5.74, 6) is 0.728. The van der Waals surface area contributed by atoms with Crippen molar-refractivity contribution in [3.8, 4) is 11.5 Å². The zero-order valence-corrected chi connectivity index (χ0v) is 16.4. The molecule has 8 heteroatoms. The molecule has 0 aromatic heterocycles. The Morgan fingerprint density at radius 3 is 2.64 bits per heavy atom. The number of carbonyl (C=O) groups excluding carboxylic acids is 1. The summed E-state index contributed by atoms with van der Waals surface area (Å²) in [6.45, 7) is 2.51. The van der Waals surface area contributed by atoms with Gasteiger partial charge in [-0.05, 0) is 36.6 Å². The molecule has 0 aliphatic carbocycles. The number of hydrogen-bond donors (Lipinski definition) is 0. The van der Waals surface area contributed by atoms with Crippen molar-refractivity contribution in [2.75, 3.05) is 29.9 Å². The van der Waals surface area contributed by atoms with Gasteiger partial charge in [0, 0.05) is 19.2 Å². The van der Waals surface area contributed by atoms with Gasteiger partial charge >= 0.3 is 0 Å². The zero-order chi connectivity index (χ0) is 19.7. The van der Waals surface area contributed by atoms with Crippen LogP contribution in [-0.4, -0.2) is 44.9 Å². The van der Waals surface area contributed by atoms with E-state index >= 15 is 0 Å². The monoisotopic (exact) mass is 402 g/mol. The number of rotatable bonds is 5. The van der Waals surface area contributed by atoms with Gasteiger partial charge in [0.15, 0.2) is 11.5 Å². The van der Waals surface area contributed by atoms with Crippen LogP contribution in [0.1, 0.15) is 18.1 Å². The summed E-state index contributed by atoms with van der Waals surface area (Å²) in [6.07, 6.45) is 0.770. The third-order valence-corrected chi connectivity index (χ3v) is 6.85. The number of sulfonamides is 1. The first-order chi connectivity index (χ1) is 13.5. The van der Waals surface area contributed by atoms with E-state index < -0.39 is 10.0 Å². The molecule has 0 saturated carbocycles. The molecular weight excluding hydrogens is 380 g/mol. The lowest BCUT2D eigenvalue weighted by atomic mass is 10.00. The van der Waals surface area contributed by atoms with Gasteiger partial charge in [-0.25, -0.2) is 8.42 Å². The maximum Gasteiger partial charge on any atom is 0.243 e. The van der Waals surface area contributed by atoms with Crippen molar-refractivity contribution in [2.24, 2.45) is 0 Å². The van der Waals surface area contributed by atoms with Gasteiger partial charge in [-0.2, -0.15) is 0 Å². The molecule has 0 atom stereocenters. The molecule has 0 fully saturated rings. The Morgan fingerprint density at radius 1 is 1.11 bits per heavy atom. The molecule has 148 valence electrons. The predicted molar refractivity (Wildman–Crippen MR) is 105 cm³/mol. The summed E-state index contributed by atoms with van der Waals surface area (Å²) in [4.78, 5) is 14.7. The van der Waals surface area contributed by atoms with Crippen LogP contribution >= 0.6 is 0 Å². The number of ether oxygens (including phenoxy) is 2. The molecule has 2 aromatic carbocycles. The third-order valence-electron chi connectivity index (χ3n) is 5.11. The first kappa shape index (κ1) is 18.6. The smallest absolute Gasteiger partial charge is 0.243 e. The average Bonchev–Trinajstić information content (AvgIpc) is 3.19. The second kappa shape index (κ2) is 7.35. The number of anilines is 1. The molecule has 2 heterocycles. The SMILES string of the molecule is CCS(=O)(=O)N(CC(=O)N1CCc2ccccc2C1)c1ccc2c(c1)OCO2. The van der Waals surface area contributed by atoms with Crippen LogP contribution in [0.3, 0.4) is 0 Å². The Morgan fingerprint density at radius 2 is 1.86 bits per heavy atom. The summed E-state index contributed by atoms with van der Waals surface area (Å²) in [5.41, 5.74) is 2.74. The highest BCUT2D eigenvalue weighted by molar-refractivity contribution is 7.92. The highest BCUT2D eigenvalue weighted by atomic mass is 32.2. The summed E-state index contributed by atoms with van der Waals surface area (Å²) < 4.78 is 37.2. The standard InChI is InChI=1S/C20H22N2O5S/c1-2-28(24,25)22(17-7-8-18-19(11-17)27-14-26-18)13-20(23)21-10-9-15-5-3-4-6-16(15)12-21/h3-8,11H,2,9-10,12-14H2,1H3. The highest BCUT2D eigenvalue weighted by Crippen LogP contribution is 2.36. The maximum atomic E-state index is 13.0. The van der Waals surface area contributed by atoms with Crippen LogP contribution in [0.25, 0.3) is 0 Å². The van der Waals surface area contributed by atoms with Crippen LogP contribution in [0.2, 0.25) is 0 Å². The van der Waals surface area contributed by atoms with Gasteiger partial charge in [0.1, 0.15) is 6.54 Å². The van der Waals surface area contributed by atoms with E-state index in [1.807, 2.05) is 18.2 Å². The fourth-order valence-electron chi connectivity index (χ4n) is 3.48. The lowest BCUT2D eigenvalue weighted by molar-refractivity contribution is -0.130. The number of amides is 1. The molecule has 0 spiro atoms. The van der Waals surface area contributed by atoms with Crippen LogP contribution in [-0.2, 0) is 27.8 Å². The molecule has 2 aliphatic heterocycles. The van der Waals surface area contributed by atoms with Crippen LogP contribution in [0.4, 0.5) is 5.69 Å². The van der Waals surface area contributed by atoms with Gasteiger partial charge in [-0.1, -0.05) is 24.3 Å². The molecule has 2 aromatic rings. The molecule has 0 N–H and O–H groups in total. The Balaban J connectivity index is 1.57. The van der Waals surface area contributed by atoms with E-state index in [-0.39, 0.29) is 25.0 Å². The second-order valence-corrected chi connectivity index (χ2v) is 8.96. The van der Waals surface area contributed by atoms with Crippen LogP contribution in [0, 0.1) is 0 Å². The van der Waals surface area contributed by atoms with E-state index in [4.69, 9.17) is 9.47 Å². The van der Waals surface area contributed by atoms with Crippen molar-refractivity contribution < 1.29 is 22.7 Å². The summed E-state index contributed by atoms with van der Waals surface area (Å²) in [6, 6.07) is 12.9. The van der Waals surface area contributed by atoms with Gasteiger partial charge in [0.25, 0.3) is 0 Å². The Bertz CT molecular complexity index is 1010. The van der Waals surface area contributed by atoms with Gasteiger partial charge in [0.2, 0.25) is 22.7 Å². The summed E-state index contributed by atoms with van der Waals surface area (Å²) in [5, 5.41) is 0. The number of hydrogen-bond acceptors (Lipinski definition) is 5. The van der Waals surface area contributed by atoms with Gasteiger partial charge in [0.05, 0.1) is 11.4 Å². The van der Waals surface area contributed by atoms with Crippen molar-refractivity contribution in [2.45, 2.75) is 19.9 Å². The minimum atomic E-state index is -3.64. The topological polar surface area (TPSA) is 76.2 Å². The third kappa shape index (κ3) is 3.52. The quantitative estimate of drug-likeness (QED) is 0.766. The number of fused-ring (bicyclic) bond motifs is 2. The normalized spacial score (nSPS) is 15.2. The summed E-state index contributed by atoms with van der Waals surface area (Å²) >= 11 is 0. The van der Waals surface area contributed by atoms with E-state index in [1.54, 1.807) is 30.0 Å².